The van der Waals surface area contributed by atoms with Crippen LogP contribution in [-0.4, -0.2) is 35.0 Å². The van der Waals surface area contributed by atoms with Crippen LogP contribution >= 0.6 is 11.6 Å². The highest BCUT2D eigenvalue weighted by molar-refractivity contribution is 6.31. The smallest absolute Gasteiger partial charge is 0.295 e. The second-order valence-corrected chi connectivity index (χ2v) is 6.15. The van der Waals surface area contributed by atoms with Crippen molar-refractivity contribution in [2.75, 3.05) is 18.4 Å². The van der Waals surface area contributed by atoms with E-state index >= 15 is 0 Å². The van der Waals surface area contributed by atoms with Crippen molar-refractivity contribution in [2.24, 2.45) is 0 Å². The summed E-state index contributed by atoms with van der Waals surface area (Å²) in [5.74, 6) is -0.764. The Bertz CT molecular complexity index is 569. The van der Waals surface area contributed by atoms with E-state index < -0.39 is 10.7 Å². The topological polar surface area (TPSA) is 58.4 Å². The third-order valence-electron chi connectivity index (χ3n) is 4.42. The number of anilines is 1. The van der Waals surface area contributed by atoms with Crippen molar-refractivity contribution in [3.8, 4) is 0 Å². The fourth-order valence-corrected chi connectivity index (χ4v) is 3.54. The van der Waals surface area contributed by atoms with Crippen molar-refractivity contribution in [1.29, 1.82) is 0 Å². The van der Waals surface area contributed by atoms with E-state index in [-0.39, 0.29) is 16.8 Å². The molecule has 2 unspecified atom stereocenters. The number of hydrogen-bond acceptors (Lipinski definition) is 4. The second kappa shape index (κ2) is 5.77. The van der Waals surface area contributed by atoms with Gasteiger partial charge >= 0.3 is 0 Å². The van der Waals surface area contributed by atoms with Crippen LogP contribution in [0.2, 0.25) is 5.02 Å². The maximum Gasteiger partial charge on any atom is 0.295 e. The monoisotopic (exact) mass is 313 g/mol. The fraction of sp³-hybridized carbons (Fsp3) is 0.571. The van der Waals surface area contributed by atoms with Crippen molar-refractivity contribution in [1.82, 2.24) is 4.90 Å². The highest BCUT2D eigenvalue weighted by Crippen LogP contribution is 2.34. The van der Waals surface area contributed by atoms with Gasteiger partial charge in [0.1, 0.15) is 11.5 Å². The third-order valence-corrected chi connectivity index (χ3v) is 4.71. The van der Waals surface area contributed by atoms with E-state index in [4.69, 9.17) is 11.6 Å². The van der Waals surface area contributed by atoms with Gasteiger partial charge in [-0.15, -0.1) is 0 Å². The zero-order valence-corrected chi connectivity index (χ0v) is 12.3. The van der Waals surface area contributed by atoms with Gasteiger partial charge in [0.05, 0.1) is 16.0 Å². The Balaban J connectivity index is 1.78. The first-order valence-corrected chi connectivity index (χ1v) is 7.56. The average Bonchev–Trinajstić information content (AvgIpc) is 2.89. The summed E-state index contributed by atoms with van der Waals surface area (Å²) in [6.45, 7) is 2.16. The van der Waals surface area contributed by atoms with Crippen molar-refractivity contribution >= 4 is 23.0 Å². The average molecular weight is 314 g/mol. The molecule has 0 amide bonds. The third kappa shape index (κ3) is 2.96. The van der Waals surface area contributed by atoms with Crippen molar-refractivity contribution in [2.45, 2.75) is 37.8 Å². The Morgan fingerprint density at radius 2 is 2.19 bits per heavy atom. The molecule has 2 aliphatic rings. The Kier molecular flexibility index (Phi) is 3.99. The molecule has 114 valence electrons. The van der Waals surface area contributed by atoms with E-state index in [2.05, 4.69) is 10.2 Å². The van der Waals surface area contributed by atoms with Gasteiger partial charge in [-0.25, -0.2) is 4.39 Å². The van der Waals surface area contributed by atoms with Gasteiger partial charge in [0, 0.05) is 18.6 Å². The van der Waals surface area contributed by atoms with Gasteiger partial charge < -0.3 is 10.2 Å². The summed E-state index contributed by atoms with van der Waals surface area (Å²) in [7, 11) is 0. The van der Waals surface area contributed by atoms with Gasteiger partial charge in [-0.3, -0.25) is 10.1 Å². The molecule has 0 saturated carbocycles. The van der Waals surface area contributed by atoms with Gasteiger partial charge in [0.2, 0.25) is 0 Å². The first-order chi connectivity index (χ1) is 10.0. The van der Waals surface area contributed by atoms with Crippen LogP contribution < -0.4 is 5.32 Å². The molecule has 0 aromatic heterocycles. The van der Waals surface area contributed by atoms with Crippen molar-refractivity contribution in [3.05, 3.63) is 33.1 Å². The number of nitrogens with zero attached hydrogens (tertiary/aromatic N) is 2. The molecule has 0 aliphatic carbocycles. The molecule has 2 fully saturated rings. The van der Waals surface area contributed by atoms with Gasteiger partial charge in [0.25, 0.3) is 5.69 Å². The van der Waals surface area contributed by atoms with Crippen LogP contribution in [0.25, 0.3) is 0 Å². The number of rotatable bonds is 3. The summed E-state index contributed by atoms with van der Waals surface area (Å²) in [5.41, 5.74) is 0.0496. The summed E-state index contributed by atoms with van der Waals surface area (Å²) in [6.07, 6.45) is 4.30. The molecule has 7 heteroatoms. The lowest BCUT2D eigenvalue weighted by atomic mass is 9.97. The lowest BCUT2D eigenvalue weighted by Gasteiger charge is -2.35. The van der Waals surface area contributed by atoms with Crippen LogP contribution in [0.3, 0.4) is 0 Å². The number of fused-ring (bicyclic) bond motifs is 1. The van der Waals surface area contributed by atoms with Crippen LogP contribution in [0.1, 0.15) is 25.7 Å². The maximum atomic E-state index is 13.4. The first kappa shape index (κ1) is 14.5. The Morgan fingerprint density at radius 3 is 2.95 bits per heavy atom. The maximum absolute atomic E-state index is 13.4. The summed E-state index contributed by atoms with van der Waals surface area (Å²) in [4.78, 5) is 13.0. The van der Waals surface area contributed by atoms with E-state index in [0.717, 1.165) is 32.0 Å². The second-order valence-electron chi connectivity index (χ2n) is 5.74. The molecular weight excluding hydrogens is 297 g/mol. The van der Waals surface area contributed by atoms with Crippen molar-refractivity contribution in [3.63, 3.8) is 0 Å². The van der Waals surface area contributed by atoms with Gasteiger partial charge in [-0.2, -0.15) is 0 Å². The fourth-order valence-electron chi connectivity index (χ4n) is 3.38. The molecule has 0 radical (unpaired) electrons. The predicted octanol–water partition coefficient (Wildman–Crippen LogP) is 3.43. The van der Waals surface area contributed by atoms with E-state index in [1.807, 2.05) is 0 Å². The SMILES string of the molecule is O=[N+]([O-])c1cc(F)c(Cl)cc1NC1CCN2CCCC2C1. The van der Waals surface area contributed by atoms with Gasteiger partial charge in [0.15, 0.2) is 0 Å². The molecule has 1 aromatic rings. The van der Waals surface area contributed by atoms with Crippen LogP contribution in [0.4, 0.5) is 15.8 Å². The number of benzene rings is 1. The van der Waals surface area contributed by atoms with E-state index in [1.54, 1.807) is 0 Å². The Hall–Kier alpha value is -1.40. The molecule has 1 N–H and O–H groups in total. The van der Waals surface area contributed by atoms with Gasteiger partial charge in [-0.1, -0.05) is 11.6 Å². The molecule has 5 nitrogen and oxygen atoms in total. The number of hydrogen-bond donors (Lipinski definition) is 1. The quantitative estimate of drug-likeness (QED) is 0.686. The lowest BCUT2D eigenvalue weighted by Crippen LogP contribution is -2.42. The minimum Gasteiger partial charge on any atom is -0.377 e. The molecule has 0 spiro atoms. The highest BCUT2D eigenvalue weighted by Gasteiger charge is 2.32. The molecule has 0 bridgehead atoms. The van der Waals surface area contributed by atoms with Gasteiger partial charge in [-0.05, 0) is 38.3 Å². The molecular formula is C14H17ClFN3O2. The molecule has 3 rings (SSSR count). The predicted molar refractivity (Wildman–Crippen MR) is 79.3 cm³/mol. The zero-order chi connectivity index (χ0) is 15.0. The zero-order valence-electron chi connectivity index (χ0n) is 11.5. The number of piperidine rings is 1. The first-order valence-electron chi connectivity index (χ1n) is 7.18. The summed E-state index contributed by atoms with van der Waals surface area (Å²) >= 11 is 5.75. The van der Waals surface area contributed by atoms with E-state index in [9.17, 15) is 14.5 Å². The largest absolute Gasteiger partial charge is 0.377 e. The van der Waals surface area contributed by atoms with Crippen molar-refractivity contribution < 1.29 is 9.31 Å². The molecule has 21 heavy (non-hydrogen) atoms. The Morgan fingerprint density at radius 1 is 1.38 bits per heavy atom. The van der Waals surface area contributed by atoms with Crippen LogP contribution in [-0.2, 0) is 0 Å². The number of nitro groups is 1. The summed E-state index contributed by atoms with van der Waals surface area (Å²) < 4.78 is 13.4. The van der Waals surface area contributed by atoms with E-state index in [1.165, 1.54) is 18.9 Å². The summed E-state index contributed by atoms with van der Waals surface area (Å²) in [6, 6.07) is 2.93. The highest BCUT2D eigenvalue weighted by atomic mass is 35.5. The minimum absolute atomic E-state index is 0.0959. The molecule has 1 aromatic carbocycles. The molecule has 2 atom stereocenters. The minimum atomic E-state index is -0.764. The summed E-state index contributed by atoms with van der Waals surface area (Å²) in [5, 5.41) is 14.2. The van der Waals surface area contributed by atoms with Crippen LogP contribution in [0.15, 0.2) is 12.1 Å². The number of nitro benzene ring substituents is 1. The number of halogens is 2. The van der Waals surface area contributed by atoms with E-state index in [0.29, 0.717) is 11.7 Å². The normalized spacial score (nSPS) is 25.6. The molecule has 2 heterocycles. The Labute approximate surface area is 127 Å². The number of nitrogens with one attached hydrogen (secondary N) is 1. The standard InChI is InChI=1S/C14H17ClFN3O2/c15-11-7-13(14(19(20)21)8-12(11)16)17-9-3-5-18-4-1-2-10(18)6-9/h7-10,17H,1-6H2. The van der Waals surface area contributed by atoms with Crippen LogP contribution in [0, 0.1) is 15.9 Å². The lowest BCUT2D eigenvalue weighted by molar-refractivity contribution is -0.384. The van der Waals surface area contributed by atoms with Crippen LogP contribution in [0.5, 0.6) is 0 Å². The molecule has 2 saturated heterocycles. The molecule has 2 aliphatic heterocycles.